The second-order valence-electron chi connectivity index (χ2n) is 3.65. The largest absolute Gasteiger partial charge is 0.394 e. The zero-order valence-corrected chi connectivity index (χ0v) is 8.67. The summed E-state index contributed by atoms with van der Waals surface area (Å²) in [5.74, 6) is -1.03. The molecule has 0 aliphatic carbocycles. The molecule has 4 unspecified atom stereocenters. The molecule has 1 saturated heterocycles. The lowest BCUT2D eigenvalue weighted by Gasteiger charge is -2.16. The molecule has 0 bridgehead atoms. The van der Waals surface area contributed by atoms with Gasteiger partial charge in [0.1, 0.15) is 24.6 Å². The molecule has 1 aromatic rings. The van der Waals surface area contributed by atoms with Gasteiger partial charge < -0.3 is 25.8 Å². The van der Waals surface area contributed by atoms with Crippen molar-refractivity contribution in [3.63, 3.8) is 0 Å². The van der Waals surface area contributed by atoms with Crippen molar-refractivity contribution in [2.75, 3.05) is 6.61 Å². The Labute approximate surface area is 95.4 Å². The minimum atomic E-state index is -1.30. The molecule has 1 fully saturated rings. The van der Waals surface area contributed by atoms with Crippen LogP contribution in [0.4, 0.5) is 0 Å². The molecule has 1 aliphatic heterocycles. The number of rotatable bonds is 3. The molecule has 0 spiro atoms. The minimum Gasteiger partial charge on any atom is -0.394 e. The normalized spacial score (nSPS) is 32.9. The van der Waals surface area contributed by atoms with Crippen molar-refractivity contribution in [1.29, 1.82) is 0 Å². The molecule has 4 atom stereocenters. The number of nitrogens with zero attached hydrogens (tertiary/aromatic N) is 3. The standard InChI is InChI=1S/C8H12N4O5/c9-6(16)7-11-10-2-12(7)8-5(15)4(14)3(1-13)17-8/h2-5,8,13-15H,1H2,(H2,9,16). The van der Waals surface area contributed by atoms with Gasteiger partial charge in [-0.05, 0) is 0 Å². The van der Waals surface area contributed by atoms with Gasteiger partial charge in [-0.2, -0.15) is 0 Å². The third-order valence-electron chi connectivity index (χ3n) is 2.58. The molecule has 1 aliphatic rings. The summed E-state index contributed by atoms with van der Waals surface area (Å²) in [5, 5.41) is 35.1. The van der Waals surface area contributed by atoms with E-state index in [4.69, 9.17) is 15.6 Å². The Morgan fingerprint density at radius 2 is 2.24 bits per heavy atom. The highest BCUT2D eigenvalue weighted by Crippen LogP contribution is 2.29. The van der Waals surface area contributed by atoms with Gasteiger partial charge in [-0.25, -0.2) is 0 Å². The fourth-order valence-corrected chi connectivity index (χ4v) is 1.72. The van der Waals surface area contributed by atoms with E-state index in [0.717, 1.165) is 10.9 Å². The molecule has 2 heterocycles. The van der Waals surface area contributed by atoms with Crippen molar-refractivity contribution < 1.29 is 24.9 Å². The van der Waals surface area contributed by atoms with Gasteiger partial charge >= 0.3 is 0 Å². The minimum absolute atomic E-state index is 0.195. The van der Waals surface area contributed by atoms with Crippen molar-refractivity contribution in [2.24, 2.45) is 5.73 Å². The summed E-state index contributed by atoms with van der Waals surface area (Å²) in [5.41, 5.74) is 5.06. The fourth-order valence-electron chi connectivity index (χ4n) is 1.72. The first-order valence-corrected chi connectivity index (χ1v) is 4.88. The summed E-state index contributed by atoms with van der Waals surface area (Å²) >= 11 is 0. The van der Waals surface area contributed by atoms with E-state index in [-0.39, 0.29) is 5.82 Å². The molecule has 94 valence electrons. The van der Waals surface area contributed by atoms with Crippen LogP contribution in [0.2, 0.25) is 0 Å². The number of primary amides is 1. The van der Waals surface area contributed by atoms with Crippen LogP contribution in [-0.4, -0.2) is 60.9 Å². The van der Waals surface area contributed by atoms with Gasteiger partial charge in [0.05, 0.1) is 6.61 Å². The molecule has 0 aromatic carbocycles. The highest BCUT2D eigenvalue weighted by Gasteiger charge is 2.44. The summed E-state index contributed by atoms with van der Waals surface area (Å²) in [6.07, 6.45) is -3.40. The Morgan fingerprint density at radius 3 is 2.76 bits per heavy atom. The number of aliphatic hydroxyl groups is 3. The van der Waals surface area contributed by atoms with Crippen molar-refractivity contribution in [3.05, 3.63) is 12.2 Å². The molecule has 17 heavy (non-hydrogen) atoms. The van der Waals surface area contributed by atoms with Crippen LogP contribution in [0, 0.1) is 0 Å². The number of aliphatic hydroxyl groups excluding tert-OH is 3. The van der Waals surface area contributed by atoms with Crippen LogP contribution in [0.15, 0.2) is 6.33 Å². The topological polar surface area (TPSA) is 144 Å². The molecule has 9 nitrogen and oxygen atoms in total. The molecule has 1 amide bonds. The Hall–Kier alpha value is -1.55. The Bertz CT molecular complexity index is 422. The van der Waals surface area contributed by atoms with E-state index in [1.54, 1.807) is 0 Å². The van der Waals surface area contributed by atoms with E-state index >= 15 is 0 Å². The molecule has 1 aromatic heterocycles. The van der Waals surface area contributed by atoms with Crippen LogP contribution in [0.3, 0.4) is 0 Å². The number of ether oxygens (including phenoxy) is 1. The summed E-state index contributed by atoms with van der Waals surface area (Å²) in [7, 11) is 0. The lowest BCUT2D eigenvalue weighted by Crippen LogP contribution is -2.33. The van der Waals surface area contributed by atoms with Gasteiger partial charge in [0.2, 0.25) is 5.82 Å². The number of nitrogens with two attached hydrogens (primary N) is 1. The van der Waals surface area contributed by atoms with Gasteiger partial charge in [-0.15, -0.1) is 10.2 Å². The number of hydrogen-bond donors (Lipinski definition) is 4. The third kappa shape index (κ3) is 1.89. The van der Waals surface area contributed by atoms with Crippen LogP contribution in [0.25, 0.3) is 0 Å². The summed E-state index contributed by atoms with van der Waals surface area (Å²) < 4.78 is 6.31. The van der Waals surface area contributed by atoms with Crippen LogP contribution < -0.4 is 5.73 Å². The van der Waals surface area contributed by atoms with Crippen molar-refractivity contribution in [3.8, 4) is 0 Å². The van der Waals surface area contributed by atoms with Crippen molar-refractivity contribution in [1.82, 2.24) is 14.8 Å². The first-order chi connectivity index (χ1) is 8.06. The molecule has 5 N–H and O–H groups in total. The SMILES string of the molecule is NC(=O)c1nncn1C1OC(CO)C(O)C1O. The highest BCUT2D eigenvalue weighted by molar-refractivity contribution is 5.88. The van der Waals surface area contributed by atoms with Crippen LogP contribution >= 0.6 is 0 Å². The van der Waals surface area contributed by atoms with E-state index < -0.39 is 37.1 Å². The average molecular weight is 244 g/mol. The Kier molecular flexibility index (Phi) is 3.07. The zero-order chi connectivity index (χ0) is 12.6. The summed E-state index contributed by atoms with van der Waals surface area (Å²) in [6, 6.07) is 0. The predicted octanol–water partition coefficient (Wildman–Crippen LogP) is -3.01. The predicted molar refractivity (Wildman–Crippen MR) is 51.5 cm³/mol. The lowest BCUT2D eigenvalue weighted by atomic mass is 10.1. The number of carbonyl (C=O) groups is 1. The van der Waals surface area contributed by atoms with Crippen molar-refractivity contribution in [2.45, 2.75) is 24.5 Å². The van der Waals surface area contributed by atoms with Crippen molar-refractivity contribution >= 4 is 5.91 Å². The van der Waals surface area contributed by atoms with E-state index in [1.807, 2.05) is 0 Å². The third-order valence-corrected chi connectivity index (χ3v) is 2.58. The molecule has 2 rings (SSSR count). The van der Waals surface area contributed by atoms with E-state index in [9.17, 15) is 15.0 Å². The summed E-state index contributed by atoms with van der Waals surface area (Å²) in [6.45, 7) is -0.456. The van der Waals surface area contributed by atoms with Crippen LogP contribution in [0.1, 0.15) is 16.8 Å². The van der Waals surface area contributed by atoms with E-state index in [2.05, 4.69) is 10.2 Å². The van der Waals surface area contributed by atoms with Gasteiger partial charge in [0.15, 0.2) is 6.23 Å². The first-order valence-electron chi connectivity index (χ1n) is 4.88. The molecule has 9 heteroatoms. The highest BCUT2D eigenvalue weighted by atomic mass is 16.6. The maximum Gasteiger partial charge on any atom is 0.286 e. The average Bonchev–Trinajstić information content (AvgIpc) is 2.86. The van der Waals surface area contributed by atoms with Gasteiger partial charge in [0, 0.05) is 0 Å². The lowest BCUT2D eigenvalue weighted by molar-refractivity contribution is -0.0536. The first kappa shape index (κ1) is 11.9. The van der Waals surface area contributed by atoms with Crippen LogP contribution in [0.5, 0.6) is 0 Å². The van der Waals surface area contributed by atoms with E-state index in [0.29, 0.717) is 0 Å². The molecular formula is C8H12N4O5. The summed E-state index contributed by atoms with van der Waals surface area (Å²) in [4.78, 5) is 11.0. The number of hydrogen-bond acceptors (Lipinski definition) is 7. The second kappa shape index (κ2) is 4.37. The maximum absolute atomic E-state index is 11.0. The van der Waals surface area contributed by atoms with Gasteiger partial charge in [-0.3, -0.25) is 9.36 Å². The number of aromatic nitrogens is 3. The molecule has 0 saturated carbocycles. The van der Waals surface area contributed by atoms with Gasteiger partial charge in [0.25, 0.3) is 5.91 Å². The Balaban J connectivity index is 2.29. The van der Waals surface area contributed by atoms with Crippen LogP contribution in [-0.2, 0) is 4.74 Å². The maximum atomic E-state index is 11.0. The zero-order valence-electron chi connectivity index (χ0n) is 8.67. The Morgan fingerprint density at radius 1 is 1.53 bits per heavy atom. The quantitative estimate of drug-likeness (QED) is 0.443. The van der Waals surface area contributed by atoms with Gasteiger partial charge in [-0.1, -0.05) is 0 Å². The fraction of sp³-hybridized carbons (Fsp3) is 0.625. The smallest absolute Gasteiger partial charge is 0.286 e. The molecular weight excluding hydrogens is 232 g/mol. The monoisotopic (exact) mass is 244 g/mol. The molecule has 0 radical (unpaired) electrons. The second-order valence-corrected chi connectivity index (χ2v) is 3.65. The number of carbonyl (C=O) groups excluding carboxylic acids is 1. The van der Waals surface area contributed by atoms with E-state index in [1.165, 1.54) is 0 Å². The number of amides is 1.